The highest BCUT2D eigenvalue weighted by Gasteiger charge is 2.39. The first-order chi connectivity index (χ1) is 8.79. The molecule has 0 heterocycles. The predicted octanol–water partition coefficient (Wildman–Crippen LogP) is 4.33. The van der Waals surface area contributed by atoms with Crippen molar-refractivity contribution in [3.63, 3.8) is 0 Å². The summed E-state index contributed by atoms with van der Waals surface area (Å²) in [6.07, 6.45) is -4.55. The van der Waals surface area contributed by atoms with E-state index in [0.717, 1.165) is 0 Å². The fourth-order valence-electron chi connectivity index (χ4n) is 1.27. The van der Waals surface area contributed by atoms with Gasteiger partial charge < -0.3 is 10.1 Å². The lowest BCUT2D eigenvalue weighted by molar-refractivity contribution is -0.155. The summed E-state index contributed by atoms with van der Waals surface area (Å²) >= 11 is 6.47. The zero-order valence-electron chi connectivity index (χ0n) is 9.68. The van der Waals surface area contributed by atoms with Crippen LogP contribution in [0.4, 0.5) is 18.9 Å². The fraction of sp³-hybridized carbons (Fsp3) is 0.364. The molecule has 1 aromatic carbocycles. The summed E-state index contributed by atoms with van der Waals surface area (Å²) in [7, 11) is 1.45. The average molecular weight is 402 g/mol. The first-order valence-electron chi connectivity index (χ1n) is 5.02. The van der Waals surface area contributed by atoms with Crippen LogP contribution >= 0.6 is 31.9 Å². The molecule has 0 aliphatic heterocycles. The molecular formula is C11H9Br2F3N2O. The van der Waals surface area contributed by atoms with Gasteiger partial charge in [0.15, 0.2) is 5.92 Å². The van der Waals surface area contributed by atoms with Crippen molar-refractivity contribution in [2.75, 3.05) is 19.0 Å². The fourth-order valence-corrected chi connectivity index (χ4v) is 2.56. The highest BCUT2D eigenvalue weighted by atomic mass is 79.9. The number of nitrogens with one attached hydrogen (secondary N) is 1. The summed E-state index contributed by atoms with van der Waals surface area (Å²) in [6.45, 7) is -0.524. The number of methoxy groups -OCH3 is 1. The maximum absolute atomic E-state index is 12.4. The van der Waals surface area contributed by atoms with Gasteiger partial charge in [0.05, 0.1) is 23.3 Å². The summed E-state index contributed by atoms with van der Waals surface area (Å²) in [5.41, 5.74) is 0.421. The van der Waals surface area contributed by atoms with E-state index in [1.54, 1.807) is 12.1 Å². The van der Waals surface area contributed by atoms with Crippen molar-refractivity contribution in [3.05, 3.63) is 21.1 Å². The summed E-state index contributed by atoms with van der Waals surface area (Å²) in [5, 5.41) is 11.1. The number of rotatable bonds is 4. The molecule has 0 saturated heterocycles. The maximum atomic E-state index is 12.4. The molecule has 0 spiro atoms. The average Bonchev–Trinajstić information content (AvgIpc) is 2.30. The predicted molar refractivity (Wildman–Crippen MR) is 72.0 cm³/mol. The van der Waals surface area contributed by atoms with Gasteiger partial charge in [0, 0.05) is 17.1 Å². The van der Waals surface area contributed by atoms with Crippen LogP contribution in [0, 0.1) is 17.2 Å². The molecule has 104 valence electrons. The molecule has 1 unspecified atom stereocenters. The van der Waals surface area contributed by atoms with E-state index in [-0.39, 0.29) is 0 Å². The molecule has 3 nitrogen and oxygen atoms in total. The van der Waals surface area contributed by atoms with Crippen molar-refractivity contribution in [1.29, 1.82) is 5.26 Å². The van der Waals surface area contributed by atoms with E-state index in [1.165, 1.54) is 13.2 Å². The van der Waals surface area contributed by atoms with E-state index in [2.05, 4.69) is 37.2 Å². The molecular weight excluding hydrogens is 393 g/mol. The molecule has 0 amide bonds. The van der Waals surface area contributed by atoms with Gasteiger partial charge in [-0.2, -0.15) is 18.4 Å². The first-order valence-corrected chi connectivity index (χ1v) is 6.61. The summed E-state index contributed by atoms with van der Waals surface area (Å²) < 4.78 is 43.6. The number of alkyl halides is 3. The number of nitriles is 1. The van der Waals surface area contributed by atoms with E-state index in [1.807, 2.05) is 0 Å². The highest BCUT2D eigenvalue weighted by molar-refractivity contribution is 9.11. The summed E-state index contributed by atoms with van der Waals surface area (Å²) in [5.74, 6) is -1.58. The Balaban J connectivity index is 2.86. The van der Waals surface area contributed by atoms with E-state index in [4.69, 9.17) is 10.00 Å². The van der Waals surface area contributed by atoms with Crippen molar-refractivity contribution < 1.29 is 17.9 Å². The number of hydrogen-bond donors (Lipinski definition) is 1. The van der Waals surface area contributed by atoms with Crippen LogP contribution in [0.25, 0.3) is 0 Å². The van der Waals surface area contributed by atoms with Crippen LogP contribution in [0.15, 0.2) is 21.1 Å². The van der Waals surface area contributed by atoms with Crippen LogP contribution in [0.2, 0.25) is 0 Å². The lowest BCUT2D eigenvalue weighted by Gasteiger charge is -2.16. The molecule has 19 heavy (non-hydrogen) atoms. The second-order valence-electron chi connectivity index (χ2n) is 3.57. The molecule has 0 aliphatic carbocycles. The van der Waals surface area contributed by atoms with Gasteiger partial charge in [0.2, 0.25) is 0 Å². The minimum atomic E-state index is -4.55. The smallest absolute Gasteiger partial charge is 0.406 e. The number of ether oxygens (including phenoxy) is 1. The SMILES string of the molecule is COc1cc(NCC(C#N)C(F)(F)F)c(Br)cc1Br. The normalized spacial score (nSPS) is 12.7. The Morgan fingerprint density at radius 3 is 2.47 bits per heavy atom. The van der Waals surface area contributed by atoms with E-state index < -0.39 is 18.6 Å². The molecule has 0 fully saturated rings. The third-order valence-electron chi connectivity index (χ3n) is 2.29. The number of hydrogen-bond acceptors (Lipinski definition) is 3. The third kappa shape index (κ3) is 4.28. The van der Waals surface area contributed by atoms with Gasteiger partial charge in [0.25, 0.3) is 0 Å². The molecule has 1 atom stereocenters. The zero-order valence-corrected chi connectivity index (χ0v) is 12.9. The van der Waals surface area contributed by atoms with Gasteiger partial charge in [-0.15, -0.1) is 0 Å². The molecule has 0 aromatic heterocycles. The second-order valence-corrected chi connectivity index (χ2v) is 5.28. The quantitative estimate of drug-likeness (QED) is 0.816. The molecule has 0 radical (unpaired) electrons. The van der Waals surface area contributed by atoms with Crippen molar-refractivity contribution in [3.8, 4) is 11.8 Å². The minimum Gasteiger partial charge on any atom is -0.495 e. The standard InChI is InChI=1S/C11H9Br2F3N2O/c1-19-10-3-9(7(12)2-8(10)13)18-5-6(4-17)11(14,15)16/h2-3,6,18H,5H2,1H3. The van der Waals surface area contributed by atoms with E-state index in [9.17, 15) is 13.2 Å². The molecule has 1 N–H and O–H groups in total. The van der Waals surface area contributed by atoms with Crippen molar-refractivity contribution in [1.82, 2.24) is 0 Å². The summed E-state index contributed by atoms with van der Waals surface area (Å²) in [4.78, 5) is 0. The van der Waals surface area contributed by atoms with Crippen LogP contribution in [-0.2, 0) is 0 Å². The number of anilines is 1. The van der Waals surface area contributed by atoms with Gasteiger partial charge in [-0.25, -0.2) is 0 Å². The van der Waals surface area contributed by atoms with E-state index >= 15 is 0 Å². The van der Waals surface area contributed by atoms with Gasteiger partial charge in [0.1, 0.15) is 5.75 Å². The van der Waals surface area contributed by atoms with Crippen molar-refractivity contribution in [2.24, 2.45) is 5.92 Å². The topological polar surface area (TPSA) is 45.0 Å². The molecule has 0 saturated carbocycles. The van der Waals surface area contributed by atoms with Crippen molar-refractivity contribution in [2.45, 2.75) is 6.18 Å². The lowest BCUT2D eigenvalue weighted by Crippen LogP contribution is -2.28. The van der Waals surface area contributed by atoms with Crippen LogP contribution in [0.3, 0.4) is 0 Å². The molecule has 0 bridgehead atoms. The van der Waals surface area contributed by atoms with Crippen molar-refractivity contribution >= 4 is 37.5 Å². The zero-order chi connectivity index (χ0) is 14.6. The second kappa shape index (κ2) is 6.48. The highest BCUT2D eigenvalue weighted by Crippen LogP contribution is 2.35. The van der Waals surface area contributed by atoms with E-state index in [0.29, 0.717) is 20.4 Å². The largest absolute Gasteiger partial charge is 0.495 e. The number of nitrogens with zero attached hydrogens (tertiary/aromatic N) is 1. The van der Waals surface area contributed by atoms with Gasteiger partial charge in [-0.1, -0.05) is 0 Å². The van der Waals surface area contributed by atoms with Gasteiger partial charge in [-0.05, 0) is 37.9 Å². The molecule has 1 rings (SSSR count). The molecule has 8 heteroatoms. The van der Waals surface area contributed by atoms with Gasteiger partial charge >= 0.3 is 6.18 Å². The lowest BCUT2D eigenvalue weighted by atomic mass is 10.1. The Labute approximate surface area is 125 Å². The Morgan fingerprint density at radius 1 is 1.37 bits per heavy atom. The van der Waals surface area contributed by atoms with Crippen LogP contribution in [-0.4, -0.2) is 19.8 Å². The Morgan fingerprint density at radius 2 is 2.00 bits per heavy atom. The van der Waals surface area contributed by atoms with Crippen LogP contribution < -0.4 is 10.1 Å². The van der Waals surface area contributed by atoms with Crippen LogP contribution in [0.1, 0.15) is 0 Å². The Bertz CT molecular complexity index is 500. The Hall–Kier alpha value is -0.940. The Kier molecular flexibility index (Phi) is 5.50. The molecule has 0 aliphatic rings. The molecule has 1 aromatic rings. The summed E-state index contributed by atoms with van der Waals surface area (Å²) in [6, 6.07) is 4.42. The monoisotopic (exact) mass is 400 g/mol. The number of benzene rings is 1. The van der Waals surface area contributed by atoms with Gasteiger partial charge in [-0.3, -0.25) is 0 Å². The first kappa shape index (κ1) is 16.1. The minimum absolute atomic E-state index is 0.421. The number of halogens is 5. The van der Waals surface area contributed by atoms with Crippen LogP contribution in [0.5, 0.6) is 5.75 Å². The third-order valence-corrected chi connectivity index (χ3v) is 3.56. The maximum Gasteiger partial charge on any atom is 0.406 e.